The van der Waals surface area contributed by atoms with Gasteiger partial charge in [-0.1, -0.05) is 494 Å². The lowest BCUT2D eigenvalue weighted by Gasteiger charge is -2.23. The molecule has 0 atom stereocenters. The first-order chi connectivity index (χ1) is 67.0. The molecule has 0 bridgehead atoms. The minimum absolute atomic E-state index is 1.04. The quantitative estimate of drug-likeness (QED) is 0.114. The first-order valence-corrected chi connectivity index (χ1v) is 52.8. The molecule has 0 heterocycles. The van der Waals surface area contributed by atoms with E-state index in [1.807, 2.05) is 166 Å². The molecule has 696 valence electrons. The molecular formula is C135H156. The van der Waals surface area contributed by atoms with Crippen LogP contribution < -0.4 is 0 Å². The minimum atomic E-state index is 1.04. The van der Waals surface area contributed by atoms with Gasteiger partial charge in [0.2, 0.25) is 0 Å². The first kappa shape index (κ1) is 105. The molecule has 0 nitrogen and oxygen atoms in total. The van der Waals surface area contributed by atoms with E-state index in [1.165, 1.54) is 238 Å². The largest absolute Gasteiger partial charge is 0.0683 e. The lowest BCUT2D eigenvalue weighted by molar-refractivity contribution is 0.823. The van der Waals surface area contributed by atoms with Gasteiger partial charge in [-0.05, 0) is 328 Å². The van der Waals surface area contributed by atoms with Gasteiger partial charge in [0.15, 0.2) is 0 Å². The number of fused-ring (bicyclic) bond motifs is 12. The number of hydrogen-bond donors (Lipinski definition) is 0. The Kier molecular flexibility index (Phi) is 41.1. The van der Waals surface area contributed by atoms with Crippen LogP contribution in [0.4, 0.5) is 0 Å². The van der Waals surface area contributed by atoms with Crippen LogP contribution in [0.2, 0.25) is 0 Å². The molecule has 0 saturated heterocycles. The molecule has 6 aliphatic rings. The van der Waals surface area contributed by atoms with Gasteiger partial charge in [-0.15, -0.1) is 0 Å². The SMILES string of the molecule is CC.CC.CC.CC.CC.CC.CC.CC.CC.CC.CC.CC.c1ccc2c(c1)Cc1ccc(CCCc3ccc4c(c3)Cc3cccc5cccc-4c35)c3cccc-2c13.c1ccc2c(c1)Cc1ccc(CCCc3ccc4c5c(cccc35)-c3ccccc3C4)c3cccc-2c13.c1ccc2c(c1)Cc1ccc(CCCc3ccc4c5c(cccc35)Cc3ccccc3-4)c3cccc-2c13. The van der Waals surface area contributed by atoms with Crippen molar-refractivity contribution in [2.75, 3.05) is 0 Å². The summed E-state index contributed by atoms with van der Waals surface area (Å²) in [4.78, 5) is 0. The van der Waals surface area contributed by atoms with Crippen LogP contribution in [0.5, 0.6) is 0 Å². The van der Waals surface area contributed by atoms with E-state index in [0.717, 1.165) is 89.9 Å². The molecule has 0 spiro atoms. The fourth-order valence-electron chi connectivity index (χ4n) is 21.0. The van der Waals surface area contributed by atoms with E-state index in [0.29, 0.717) is 0 Å². The van der Waals surface area contributed by atoms with Gasteiger partial charge >= 0.3 is 0 Å². The molecule has 18 aromatic carbocycles. The van der Waals surface area contributed by atoms with Gasteiger partial charge in [-0.2, -0.15) is 0 Å². The summed E-state index contributed by atoms with van der Waals surface area (Å²) in [6, 6.07) is 124. The minimum Gasteiger partial charge on any atom is -0.0683 e. The molecule has 0 saturated carbocycles. The van der Waals surface area contributed by atoms with Gasteiger partial charge in [0.1, 0.15) is 0 Å². The van der Waals surface area contributed by atoms with Gasteiger partial charge in [0.05, 0.1) is 0 Å². The van der Waals surface area contributed by atoms with Crippen LogP contribution in [0.15, 0.2) is 328 Å². The lowest BCUT2D eigenvalue weighted by atomic mass is 9.81. The van der Waals surface area contributed by atoms with E-state index < -0.39 is 0 Å². The molecule has 0 heteroatoms. The van der Waals surface area contributed by atoms with Crippen LogP contribution >= 0.6 is 0 Å². The van der Waals surface area contributed by atoms with Crippen molar-refractivity contribution in [2.24, 2.45) is 0 Å². The summed E-state index contributed by atoms with van der Waals surface area (Å²) in [5.41, 5.74) is 43.2. The Balaban J connectivity index is 0.000000188. The Bertz CT molecular complexity index is 6390. The van der Waals surface area contributed by atoms with Gasteiger partial charge < -0.3 is 0 Å². The highest BCUT2D eigenvalue weighted by Gasteiger charge is 2.27. The number of rotatable bonds is 12. The zero-order valence-electron chi connectivity index (χ0n) is 86.8. The van der Waals surface area contributed by atoms with E-state index in [-0.39, 0.29) is 0 Å². The molecule has 0 amide bonds. The summed E-state index contributed by atoms with van der Waals surface area (Å²) < 4.78 is 0. The second-order valence-electron chi connectivity index (χ2n) is 32.3. The monoisotopic (exact) mass is 1780 g/mol. The van der Waals surface area contributed by atoms with Crippen LogP contribution in [0, 0.1) is 0 Å². The molecule has 0 N–H and O–H groups in total. The molecule has 135 heavy (non-hydrogen) atoms. The van der Waals surface area contributed by atoms with Gasteiger partial charge in [-0.25, -0.2) is 0 Å². The van der Waals surface area contributed by atoms with Crippen LogP contribution in [0.3, 0.4) is 0 Å². The Labute approximate surface area is 815 Å². The standard InChI is InChI=1S/3C37H28.12C2H6/c1-3-13-30-27(9-1)23-29-19-18-24(33-16-7-17-34(30)37(29)33)10-5-11-25-20-21-35-31-14-4-2-8-26(31)22-28-12-6-15-32(25)36(28)35;1-3-12-30-26(8-1)22-28-20-18-24(32-14-6-16-34(30)36(28)32)10-5-11-25-19-21-29-23-27-9-2-4-13-31(27)35-17-7-15-33(25)37(29)35;1-2-13-31-27(8-1)22-29-19-18-25(33-14-6-16-35(31)37(29)33)9-3-7-24-17-20-32-30(21-24)23-28-12-4-10-26-11-5-15-34(32)36(26)28;12*1-2/h2*1-4,6-9,12-21H,5,10-11,22-23H2;1-2,4-6,8,10-21H,3,7,9,22-23H2;12*1-2H3. The second-order valence-corrected chi connectivity index (χ2v) is 32.3. The van der Waals surface area contributed by atoms with Crippen LogP contribution in [-0.2, 0) is 77.0 Å². The van der Waals surface area contributed by atoms with Gasteiger partial charge in [-0.3, -0.25) is 0 Å². The highest BCUT2D eigenvalue weighted by Crippen LogP contribution is 2.48. The van der Waals surface area contributed by atoms with E-state index in [4.69, 9.17) is 0 Å². The van der Waals surface area contributed by atoms with Crippen molar-refractivity contribution in [3.05, 3.63) is 428 Å². The van der Waals surface area contributed by atoms with Crippen LogP contribution in [-0.4, -0.2) is 0 Å². The van der Waals surface area contributed by atoms with Crippen molar-refractivity contribution in [1.29, 1.82) is 0 Å². The Morgan fingerprint density at radius 2 is 0.333 bits per heavy atom. The predicted octanol–water partition coefficient (Wildman–Crippen LogP) is 40.2. The van der Waals surface area contributed by atoms with E-state index in [2.05, 4.69) is 328 Å². The summed E-state index contributed by atoms with van der Waals surface area (Å²) in [5.74, 6) is 0. The van der Waals surface area contributed by atoms with Crippen molar-refractivity contribution >= 4 is 64.6 Å². The molecule has 18 aromatic rings. The topological polar surface area (TPSA) is 0 Å². The maximum absolute atomic E-state index is 2.47. The fourth-order valence-corrected chi connectivity index (χ4v) is 21.0. The molecule has 0 unspecified atom stereocenters. The normalized spacial score (nSPS) is 11.2. The van der Waals surface area contributed by atoms with E-state index in [9.17, 15) is 0 Å². The van der Waals surface area contributed by atoms with Crippen molar-refractivity contribution in [1.82, 2.24) is 0 Å². The Morgan fingerprint density at radius 3 is 0.637 bits per heavy atom. The summed E-state index contributed by atoms with van der Waals surface area (Å²) in [7, 11) is 0. The fraction of sp³-hybridized carbons (Fsp3) is 0.289. The molecular weight excluding hydrogens is 1620 g/mol. The lowest BCUT2D eigenvalue weighted by Crippen LogP contribution is -2.03. The maximum Gasteiger partial charge on any atom is -0.00131 e. The molecule has 24 rings (SSSR count). The summed E-state index contributed by atoms with van der Waals surface area (Å²) >= 11 is 0. The molecule has 0 fully saturated rings. The smallest absolute Gasteiger partial charge is 0.00131 e. The number of hydrogen-bond acceptors (Lipinski definition) is 0. The zero-order valence-corrected chi connectivity index (χ0v) is 86.8. The summed E-state index contributed by atoms with van der Waals surface area (Å²) in [6.07, 6.45) is 16.3. The average molecular weight is 1780 g/mol. The van der Waals surface area contributed by atoms with Crippen molar-refractivity contribution < 1.29 is 0 Å². The first-order valence-electron chi connectivity index (χ1n) is 52.8. The van der Waals surface area contributed by atoms with E-state index >= 15 is 0 Å². The van der Waals surface area contributed by atoms with Gasteiger partial charge in [0, 0.05) is 0 Å². The third kappa shape index (κ3) is 22.1. The predicted molar refractivity (Wildman–Crippen MR) is 605 cm³/mol. The third-order valence-corrected chi connectivity index (χ3v) is 26.1. The van der Waals surface area contributed by atoms with Crippen molar-refractivity contribution in [3.8, 4) is 66.8 Å². The van der Waals surface area contributed by atoms with Crippen molar-refractivity contribution in [2.45, 2.75) is 262 Å². The second kappa shape index (κ2) is 53.0. The Morgan fingerprint density at radius 1 is 0.141 bits per heavy atom. The number of aryl methyl sites for hydroxylation is 6. The third-order valence-electron chi connectivity index (χ3n) is 26.1. The van der Waals surface area contributed by atoms with Crippen LogP contribution in [0.25, 0.3) is 131 Å². The van der Waals surface area contributed by atoms with Crippen LogP contribution in [0.1, 0.15) is 286 Å². The zero-order chi connectivity index (χ0) is 97.0. The highest BCUT2D eigenvalue weighted by molar-refractivity contribution is 6.09. The number of benzene rings is 18. The average Bonchev–Trinajstić information content (AvgIpc) is 0.778. The highest BCUT2D eigenvalue weighted by atomic mass is 14.3. The maximum atomic E-state index is 2.47. The molecule has 0 radical (unpaired) electrons. The molecule has 0 aliphatic heterocycles. The molecule has 6 aliphatic carbocycles. The molecule has 0 aromatic heterocycles. The van der Waals surface area contributed by atoms with Crippen molar-refractivity contribution in [3.63, 3.8) is 0 Å². The summed E-state index contributed by atoms with van der Waals surface area (Å²) in [6.45, 7) is 48.0. The summed E-state index contributed by atoms with van der Waals surface area (Å²) in [5, 5.41) is 17.4. The van der Waals surface area contributed by atoms with Gasteiger partial charge in [0.25, 0.3) is 0 Å². The van der Waals surface area contributed by atoms with E-state index in [1.54, 1.807) is 0 Å². The Hall–Kier alpha value is -12.5.